The molecule has 0 aromatic carbocycles. The van der Waals surface area contributed by atoms with Crippen molar-refractivity contribution in [1.29, 1.82) is 0 Å². The summed E-state index contributed by atoms with van der Waals surface area (Å²) in [5.74, 6) is -0.430. The van der Waals surface area contributed by atoms with Gasteiger partial charge in [0.15, 0.2) is 6.10 Å². The van der Waals surface area contributed by atoms with Crippen LogP contribution >= 0.6 is 0 Å². The predicted octanol–water partition coefficient (Wildman–Crippen LogP) is 12.3. The monoisotopic (exact) mass is 647 g/mol. The van der Waals surface area contributed by atoms with E-state index in [9.17, 15) is 9.59 Å². The predicted molar refractivity (Wildman–Crippen MR) is 196 cm³/mol. The van der Waals surface area contributed by atoms with Crippen LogP contribution < -0.4 is 0 Å². The zero-order valence-electron chi connectivity index (χ0n) is 30.6. The summed E-state index contributed by atoms with van der Waals surface area (Å²) in [5.41, 5.74) is 0. The van der Waals surface area contributed by atoms with Crippen molar-refractivity contribution in [3.05, 3.63) is 36.5 Å². The van der Waals surface area contributed by atoms with E-state index in [1.165, 1.54) is 89.9 Å². The molecule has 0 aliphatic rings. The molecule has 0 heterocycles. The van der Waals surface area contributed by atoms with Crippen molar-refractivity contribution >= 4 is 11.9 Å². The van der Waals surface area contributed by atoms with E-state index >= 15 is 0 Å². The number of ether oxygens (including phenoxy) is 3. The van der Waals surface area contributed by atoms with Crippen LogP contribution in [0.1, 0.15) is 188 Å². The van der Waals surface area contributed by atoms with E-state index in [2.05, 4.69) is 57.2 Å². The average molecular weight is 647 g/mol. The number of esters is 2. The van der Waals surface area contributed by atoms with Gasteiger partial charge in [-0.15, -0.1) is 0 Å². The molecule has 1 atom stereocenters. The summed E-state index contributed by atoms with van der Waals surface area (Å²) in [4.78, 5) is 24.8. The summed E-state index contributed by atoms with van der Waals surface area (Å²) in [7, 11) is 0. The van der Waals surface area contributed by atoms with Gasteiger partial charge in [0.25, 0.3) is 0 Å². The maximum absolute atomic E-state index is 12.5. The molecular formula is C41H74O5. The topological polar surface area (TPSA) is 61.8 Å². The van der Waals surface area contributed by atoms with Crippen molar-refractivity contribution in [2.24, 2.45) is 0 Å². The highest BCUT2D eigenvalue weighted by molar-refractivity contribution is 5.70. The fraction of sp³-hybridized carbons (Fsp3) is 0.805. The van der Waals surface area contributed by atoms with Crippen LogP contribution in [0.3, 0.4) is 0 Å². The molecule has 0 bridgehead atoms. The van der Waals surface area contributed by atoms with Crippen LogP contribution in [0.4, 0.5) is 0 Å². The Balaban J connectivity index is 4.14. The van der Waals surface area contributed by atoms with Crippen LogP contribution in [0.25, 0.3) is 0 Å². The first-order chi connectivity index (χ1) is 22.6. The van der Waals surface area contributed by atoms with Crippen molar-refractivity contribution in [2.45, 2.75) is 194 Å². The van der Waals surface area contributed by atoms with Crippen LogP contribution in [0, 0.1) is 0 Å². The molecule has 0 rings (SSSR count). The Bertz CT molecular complexity index is 741. The third kappa shape index (κ3) is 35.0. The van der Waals surface area contributed by atoms with Crippen molar-refractivity contribution < 1.29 is 23.8 Å². The van der Waals surface area contributed by atoms with E-state index < -0.39 is 6.10 Å². The molecular weight excluding hydrogens is 572 g/mol. The van der Waals surface area contributed by atoms with E-state index in [0.717, 1.165) is 64.2 Å². The Morgan fingerprint density at radius 3 is 1.61 bits per heavy atom. The van der Waals surface area contributed by atoms with Gasteiger partial charge in [-0.3, -0.25) is 9.59 Å². The van der Waals surface area contributed by atoms with Gasteiger partial charge in [-0.25, -0.2) is 0 Å². The van der Waals surface area contributed by atoms with Gasteiger partial charge in [0.2, 0.25) is 0 Å². The minimum absolute atomic E-state index is 0.0767. The van der Waals surface area contributed by atoms with E-state index in [-0.39, 0.29) is 25.2 Å². The number of carbonyl (C=O) groups is 2. The van der Waals surface area contributed by atoms with Crippen LogP contribution in [0.15, 0.2) is 36.5 Å². The lowest BCUT2D eigenvalue weighted by molar-refractivity contribution is -0.163. The maximum atomic E-state index is 12.5. The lowest BCUT2D eigenvalue weighted by Gasteiger charge is -2.18. The Hall–Kier alpha value is -1.88. The summed E-state index contributed by atoms with van der Waals surface area (Å²) in [6.45, 7) is 7.62. The van der Waals surface area contributed by atoms with Gasteiger partial charge < -0.3 is 14.2 Å². The Labute approximate surface area is 285 Å². The molecule has 1 unspecified atom stereocenters. The fourth-order valence-corrected chi connectivity index (χ4v) is 5.17. The molecule has 46 heavy (non-hydrogen) atoms. The van der Waals surface area contributed by atoms with Gasteiger partial charge in [-0.1, -0.05) is 147 Å². The van der Waals surface area contributed by atoms with Gasteiger partial charge in [-0.2, -0.15) is 0 Å². The molecule has 0 saturated heterocycles. The average Bonchev–Trinajstić information content (AvgIpc) is 3.05. The number of allylic oxidation sites excluding steroid dienone is 6. The van der Waals surface area contributed by atoms with Gasteiger partial charge in [0, 0.05) is 19.4 Å². The number of unbranched alkanes of at least 4 members (excludes halogenated alkanes) is 18. The normalized spacial score (nSPS) is 12.5. The highest BCUT2D eigenvalue weighted by Gasteiger charge is 2.17. The molecule has 0 aromatic heterocycles. The summed E-state index contributed by atoms with van der Waals surface area (Å²) >= 11 is 0. The largest absolute Gasteiger partial charge is 0.462 e. The SMILES string of the molecule is CCC/C=C\C/C=C\CCCCCCCC(=O)OCC(COCCCCCCCC/C=C\CCCC)OC(=O)CCCCCCC. The standard InChI is InChI=1S/C41H74O5/c1-4-7-10-13-15-17-19-21-22-24-26-29-31-34-40(42)45-38-39(46-41(43)35-32-28-12-9-6-3)37-44-36-33-30-27-25-23-20-18-16-14-11-8-5-2/h10,13-14,16-17,19,39H,4-9,11-12,15,18,20-38H2,1-3H3/b13-10-,16-14-,19-17-. The van der Waals surface area contributed by atoms with E-state index in [1.807, 2.05) is 0 Å². The molecule has 0 fully saturated rings. The van der Waals surface area contributed by atoms with E-state index in [1.54, 1.807) is 0 Å². The first kappa shape index (κ1) is 44.1. The zero-order chi connectivity index (χ0) is 33.6. The number of hydrogen-bond acceptors (Lipinski definition) is 5. The van der Waals surface area contributed by atoms with Gasteiger partial charge in [0.1, 0.15) is 6.61 Å². The summed E-state index contributed by atoms with van der Waals surface area (Å²) in [6.07, 6.45) is 41.5. The van der Waals surface area contributed by atoms with Crippen molar-refractivity contribution in [3.63, 3.8) is 0 Å². The number of rotatable bonds is 35. The molecule has 0 saturated carbocycles. The van der Waals surface area contributed by atoms with Gasteiger partial charge >= 0.3 is 11.9 Å². The highest BCUT2D eigenvalue weighted by Crippen LogP contribution is 2.12. The maximum Gasteiger partial charge on any atom is 0.306 e. The molecule has 0 spiro atoms. The lowest BCUT2D eigenvalue weighted by Crippen LogP contribution is -2.30. The van der Waals surface area contributed by atoms with E-state index in [4.69, 9.17) is 14.2 Å². The van der Waals surface area contributed by atoms with E-state index in [0.29, 0.717) is 19.4 Å². The minimum Gasteiger partial charge on any atom is -0.462 e. The smallest absolute Gasteiger partial charge is 0.306 e. The van der Waals surface area contributed by atoms with Gasteiger partial charge in [0.05, 0.1) is 6.61 Å². The summed E-state index contributed by atoms with van der Waals surface area (Å²) in [6, 6.07) is 0. The number of hydrogen-bond donors (Lipinski definition) is 0. The van der Waals surface area contributed by atoms with Crippen molar-refractivity contribution in [3.8, 4) is 0 Å². The zero-order valence-corrected chi connectivity index (χ0v) is 30.6. The Kier molecular flexibility index (Phi) is 36.0. The van der Waals surface area contributed by atoms with Crippen molar-refractivity contribution in [1.82, 2.24) is 0 Å². The Morgan fingerprint density at radius 1 is 0.478 bits per heavy atom. The molecule has 5 heteroatoms. The second-order valence-electron chi connectivity index (χ2n) is 12.8. The molecule has 0 aliphatic heterocycles. The molecule has 5 nitrogen and oxygen atoms in total. The lowest BCUT2D eigenvalue weighted by atomic mass is 10.1. The van der Waals surface area contributed by atoms with Crippen LogP contribution in [-0.4, -0.2) is 37.9 Å². The third-order valence-corrected chi connectivity index (χ3v) is 8.13. The highest BCUT2D eigenvalue weighted by atomic mass is 16.6. The first-order valence-corrected chi connectivity index (χ1v) is 19.5. The van der Waals surface area contributed by atoms with Crippen LogP contribution in [-0.2, 0) is 23.8 Å². The molecule has 0 N–H and O–H groups in total. The fourth-order valence-electron chi connectivity index (χ4n) is 5.17. The van der Waals surface area contributed by atoms with Crippen molar-refractivity contribution in [2.75, 3.05) is 19.8 Å². The molecule has 0 aliphatic carbocycles. The summed E-state index contributed by atoms with van der Waals surface area (Å²) < 4.78 is 17.1. The third-order valence-electron chi connectivity index (χ3n) is 8.13. The van der Waals surface area contributed by atoms with Crippen LogP contribution in [0.5, 0.6) is 0 Å². The minimum atomic E-state index is -0.535. The summed E-state index contributed by atoms with van der Waals surface area (Å²) in [5, 5.41) is 0. The number of carbonyl (C=O) groups excluding carboxylic acids is 2. The Morgan fingerprint density at radius 2 is 0.978 bits per heavy atom. The molecule has 0 radical (unpaired) electrons. The van der Waals surface area contributed by atoms with Crippen LogP contribution in [0.2, 0.25) is 0 Å². The molecule has 0 amide bonds. The molecule has 0 aromatic rings. The molecule has 268 valence electrons. The van der Waals surface area contributed by atoms with Gasteiger partial charge in [-0.05, 0) is 64.2 Å². The quantitative estimate of drug-likeness (QED) is 0.0389. The second-order valence-corrected chi connectivity index (χ2v) is 12.8. The second kappa shape index (κ2) is 37.6. The first-order valence-electron chi connectivity index (χ1n) is 19.5.